The van der Waals surface area contributed by atoms with Crippen LogP contribution in [-0.2, 0) is 25.8 Å². The zero-order chi connectivity index (χ0) is 15.4. The highest BCUT2D eigenvalue weighted by Gasteiger charge is 2.19. The van der Waals surface area contributed by atoms with Crippen molar-refractivity contribution in [3.8, 4) is 0 Å². The maximum atomic E-state index is 6.37. The van der Waals surface area contributed by atoms with Crippen LogP contribution in [0.25, 0.3) is 0 Å². The first-order chi connectivity index (χ1) is 10.1. The summed E-state index contributed by atoms with van der Waals surface area (Å²) in [7, 11) is 0. The van der Waals surface area contributed by atoms with Crippen LogP contribution < -0.4 is 0 Å². The monoisotopic (exact) mass is 304 g/mol. The van der Waals surface area contributed by atoms with E-state index >= 15 is 0 Å². The molecule has 0 N–H and O–H groups in total. The maximum Gasteiger partial charge on any atom is 0.0671 e. The molecule has 1 aromatic heterocycles. The van der Waals surface area contributed by atoms with Gasteiger partial charge in [0.05, 0.1) is 17.6 Å². The smallest absolute Gasteiger partial charge is 0.0671 e. The Morgan fingerprint density at radius 2 is 1.62 bits per heavy atom. The van der Waals surface area contributed by atoms with Gasteiger partial charge in [-0.05, 0) is 37.3 Å². The molecule has 0 saturated carbocycles. The molecule has 0 fully saturated rings. The Kier molecular flexibility index (Phi) is 5.46. The fourth-order valence-corrected chi connectivity index (χ4v) is 3.09. The molecule has 0 aliphatic rings. The van der Waals surface area contributed by atoms with Crippen molar-refractivity contribution in [1.82, 2.24) is 9.78 Å². The van der Waals surface area contributed by atoms with Gasteiger partial charge in [-0.3, -0.25) is 4.68 Å². The SMILES string of the molecule is CCc1ccc(Cn2nc(CC)c(C(C)Cl)c2CC)cc1. The number of aromatic nitrogens is 2. The molecular weight excluding hydrogens is 280 g/mol. The minimum Gasteiger partial charge on any atom is -0.265 e. The highest BCUT2D eigenvalue weighted by molar-refractivity contribution is 6.20. The third kappa shape index (κ3) is 3.49. The van der Waals surface area contributed by atoms with Gasteiger partial charge in [-0.15, -0.1) is 11.6 Å². The van der Waals surface area contributed by atoms with Gasteiger partial charge in [0.2, 0.25) is 0 Å². The van der Waals surface area contributed by atoms with Crippen LogP contribution >= 0.6 is 11.6 Å². The fraction of sp³-hybridized carbons (Fsp3) is 0.500. The van der Waals surface area contributed by atoms with E-state index in [2.05, 4.69) is 49.7 Å². The number of aryl methyl sites for hydroxylation is 2. The van der Waals surface area contributed by atoms with Crippen molar-refractivity contribution in [2.45, 2.75) is 58.9 Å². The summed E-state index contributed by atoms with van der Waals surface area (Å²) in [4.78, 5) is 0. The average molecular weight is 305 g/mol. The lowest BCUT2D eigenvalue weighted by molar-refractivity contribution is 0.639. The first kappa shape index (κ1) is 16.1. The van der Waals surface area contributed by atoms with E-state index in [1.165, 1.54) is 22.4 Å². The lowest BCUT2D eigenvalue weighted by Gasteiger charge is -2.10. The largest absolute Gasteiger partial charge is 0.265 e. The van der Waals surface area contributed by atoms with Crippen molar-refractivity contribution < 1.29 is 0 Å². The Morgan fingerprint density at radius 1 is 1.00 bits per heavy atom. The number of rotatable bonds is 6. The lowest BCUT2D eigenvalue weighted by Crippen LogP contribution is -2.07. The summed E-state index contributed by atoms with van der Waals surface area (Å²) >= 11 is 6.37. The molecule has 0 saturated heterocycles. The van der Waals surface area contributed by atoms with E-state index in [4.69, 9.17) is 16.7 Å². The van der Waals surface area contributed by atoms with E-state index in [1.807, 2.05) is 6.92 Å². The first-order valence-corrected chi connectivity index (χ1v) is 8.34. The Hall–Kier alpha value is -1.28. The van der Waals surface area contributed by atoms with E-state index < -0.39 is 0 Å². The van der Waals surface area contributed by atoms with E-state index in [0.717, 1.165) is 31.5 Å². The average Bonchev–Trinajstić information content (AvgIpc) is 2.85. The Balaban J connectivity index is 2.34. The van der Waals surface area contributed by atoms with Gasteiger partial charge < -0.3 is 0 Å². The summed E-state index contributed by atoms with van der Waals surface area (Å²) < 4.78 is 2.13. The standard InChI is InChI=1S/C18H25ClN2/c1-5-14-8-10-15(11-9-14)12-21-17(7-3)18(13(4)19)16(6-2)20-21/h8-11,13H,5-7,12H2,1-4H3. The third-order valence-electron chi connectivity index (χ3n) is 4.01. The fourth-order valence-electron chi connectivity index (χ4n) is 2.84. The van der Waals surface area contributed by atoms with Gasteiger partial charge in [0.1, 0.15) is 0 Å². The van der Waals surface area contributed by atoms with Gasteiger partial charge in [0.15, 0.2) is 0 Å². The summed E-state index contributed by atoms with van der Waals surface area (Å²) in [6.45, 7) is 9.36. The molecule has 21 heavy (non-hydrogen) atoms. The summed E-state index contributed by atoms with van der Waals surface area (Å²) in [6, 6.07) is 8.82. The zero-order valence-electron chi connectivity index (χ0n) is 13.5. The third-order valence-corrected chi connectivity index (χ3v) is 4.22. The Labute approximate surface area is 133 Å². The molecule has 1 heterocycles. The topological polar surface area (TPSA) is 17.8 Å². The number of hydrogen-bond acceptors (Lipinski definition) is 1. The molecule has 1 atom stereocenters. The van der Waals surface area contributed by atoms with Gasteiger partial charge in [-0.1, -0.05) is 45.0 Å². The van der Waals surface area contributed by atoms with E-state index in [0.29, 0.717) is 0 Å². The van der Waals surface area contributed by atoms with Crippen LogP contribution in [0.15, 0.2) is 24.3 Å². The molecule has 2 aromatic rings. The van der Waals surface area contributed by atoms with Crippen LogP contribution in [-0.4, -0.2) is 9.78 Å². The van der Waals surface area contributed by atoms with E-state index in [9.17, 15) is 0 Å². The minimum absolute atomic E-state index is 0.0196. The number of hydrogen-bond donors (Lipinski definition) is 0. The predicted molar refractivity (Wildman–Crippen MR) is 90.2 cm³/mol. The van der Waals surface area contributed by atoms with E-state index in [-0.39, 0.29) is 5.38 Å². The molecule has 0 spiro atoms. The van der Waals surface area contributed by atoms with Crippen molar-refractivity contribution in [1.29, 1.82) is 0 Å². The van der Waals surface area contributed by atoms with Gasteiger partial charge in [-0.2, -0.15) is 5.10 Å². The van der Waals surface area contributed by atoms with Crippen LogP contribution in [0.2, 0.25) is 0 Å². The van der Waals surface area contributed by atoms with Gasteiger partial charge in [-0.25, -0.2) is 0 Å². The molecule has 0 bridgehead atoms. The normalized spacial score (nSPS) is 12.6. The van der Waals surface area contributed by atoms with Crippen LogP contribution in [0.5, 0.6) is 0 Å². The second kappa shape index (κ2) is 7.13. The van der Waals surface area contributed by atoms with Crippen LogP contribution in [0.3, 0.4) is 0 Å². The lowest BCUT2D eigenvalue weighted by atomic mass is 10.1. The van der Waals surface area contributed by atoms with Crippen LogP contribution in [0.4, 0.5) is 0 Å². The summed E-state index contributed by atoms with van der Waals surface area (Å²) in [6.07, 6.45) is 2.98. The molecule has 114 valence electrons. The van der Waals surface area contributed by atoms with Crippen molar-refractivity contribution in [3.63, 3.8) is 0 Å². The molecule has 2 rings (SSSR count). The van der Waals surface area contributed by atoms with Crippen LogP contribution in [0, 0.1) is 0 Å². The maximum absolute atomic E-state index is 6.37. The highest BCUT2D eigenvalue weighted by atomic mass is 35.5. The second-order valence-corrected chi connectivity index (χ2v) is 6.11. The molecule has 0 aliphatic carbocycles. The Bertz CT molecular complexity index is 582. The zero-order valence-corrected chi connectivity index (χ0v) is 14.2. The molecule has 0 amide bonds. The number of halogens is 1. The first-order valence-electron chi connectivity index (χ1n) is 7.90. The van der Waals surface area contributed by atoms with Crippen molar-refractivity contribution in [2.24, 2.45) is 0 Å². The van der Waals surface area contributed by atoms with Crippen molar-refractivity contribution in [3.05, 3.63) is 52.3 Å². The Morgan fingerprint density at radius 3 is 2.10 bits per heavy atom. The van der Waals surface area contributed by atoms with Crippen molar-refractivity contribution in [2.75, 3.05) is 0 Å². The second-order valence-electron chi connectivity index (χ2n) is 5.46. The number of benzene rings is 1. The van der Waals surface area contributed by atoms with Gasteiger partial charge in [0.25, 0.3) is 0 Å². The molecule has 3 heteroatoms. The molecule has 0 radical (unpaired) electrons. The summed E-state index contributed by atoms with van der Waals surface area (Å²) in [5, 5.41) is 4.81. The van der Waals surface area contributed by atoms with Gasteiger partial charge in [0, 0.05) is 11.3 Å². The summed E-state index contributed by atoms with van der Waals surface area (Å²) in [5.74, 6) is 0. The van der Waals surface area contributed by atoms with Crippen LogP contribution in [0.1, 0.15) is 61.2 Å². The highest BCUT2D eigenvalue weighted by Crippen LogP contribution is 2.28. The molecule has 2 nitrogen and oxygen atoms in total. The molecule has 0 aliphatic heterocycles. The number of alkyl halides is 1. The van der Waals surface area contributed by atoms with E-state index in [1.54, 1.807) is 0 Å². The molecular formula is C18H25ClN2. The predicted octanol–water partition coefficient (Wildman–Crippen LogP) is 4.92. The van der Waals surface area contributed by atoms with Crippen molar-refractivity contribution >= 4 is 11.6 Å². The molecule has 1 unspecified atom stereocenters. The number of nitrogens with zero attached hydrogens (tertiary/aromatic N) is 2. The molecule has 1 aromatic carbocycles. The quantitative estimate of drug-likeness (QED) is 0.693. The summed E-state index contributed by atoms with van der Waals surface area (Å²) in [5.41, 5.74) is 6.31. The minimum atomic E-state index is 0.0196. The van der Waals surface area contributed by atoms with Gasteiger partial charge >= 0.3 is 0 Å².